The van der Waals surface area contributed by atoms with Crippen molar-refractivity contribution < 1.29 is 0 Å². The molecule has 0 aromatic rings. The van der Waals surface area contributed by atoms with Crippen LogP contribution in [0.15, 0.2) is 0 Å². The molecule has 0 bridgehead atoms. The topological polar surface area (TPSA) is 6.48 Å². The molecular formula is C17H36N2. The van der Waals surface area contributed by atoms with Crippen LogP contribution in [-0.4, -0.2) is 40.6 Å². The Bertz CT molecular complexity index is 211. The van der Waals surface area contributed by atoms with Crippen LogP contribution in [0.5, 0.6) is 0 Å². The van der Waals surface area contributed by atoms with Crippen molar-refractivity contribution in [3.05, 3.63) is 0 Å². The molecule has 1 aliphatic heterocycles. The number of rotatable bonds is 8. The van der Waals surface area contributed by atoms with Gasteiger partial charge in [0.25, 0.3) is 0 Å². The summed E-state index contributed by atoms with van der Waals surface area (Å²) in [5.41, 5.74) is 0.880. The lowest BCUT2D eigenvalue weighted by Crippen LogP contribution is -2.51. The van der Waals surface area contributed by atoms with Crippen molar-refractivity contribution in [3.63, 3.8) is 0 Å². The maximum Gasteiger partial charge on any atom is 0.0517 e. The lowest BCUT2D eigenvalue weighted by Gasteiger charge is -2.44. The molecule has 19 heavy (non-hydrogen) atoms. The van der Waals surface area contributed by atoms with Crippen molar-refractivity contribution in [2.45, 2.75) is 91.1 Å². The maximum absolute atomic E-state index is 2.77. The first-order chi connectivity index (χ1) is 9.07. The zero-order chi connectivity index (χ0) is 14.5. The SMILES string of the molecule is CCC(CC)(CC)N1CCN(C(CC)(CC)CC)C1. The molecule has 114 valence electrons. The van der Waals surface area contributed by atoms with E-state index in [9.17, 15) is 0 Å². The van der Waals surface area contributed by atoms with Crippen LogP contribution in [0.3, 0.4) is 0 Å². The maximum atomic E-state index is 2.77. The lowest BCUT2D eigenvalue weighted by atomic mass is 9.87. The normalized spacial score (nSPS) is 19.3. The molecule has 1 fully saturated rings. The second-order valence-corrected chi connectivity index (χ2v) is 6.24. The smallest absolute Gasteiger partial charge is 0.0517 e. The second-order valence-electron chi connectivity index (χ2n) is 6.24. The Kier molecular flexibility index (Phi) is 6.32. The molecule has 0 amide bonds. The second kappa shape index (κ2) is 7.08. The first kappa shape index (κ1) is 17.0. The predicted octanol–water partition coefficient (Wildman–Crippen LogP) is 4.50. The summed E-state index contributed by atoms with van der Waals surface area (Å²) >= 11 is 0. The molecule has 0 aliphatic carbocycles. The number of hydrogen-bond donors (Lipinski definition) is 0. The fourth-order valence-electron chi connectivity index (χ4n) is 4.20. The zero-order valence-corrected chi connectivity index (χ0v) is 14.3. The van der Waals surface area contributed by atoms with E-state index in [0.29, 0.717) is 11.1 Å². The Hall–Kier alpha value is -0.0800. The third kappa shape index (κ3) is 3.00. The number of hydrogen-bond acceptors (Lipinski definition) is 2. The molecule has 0 N–H and O–H groups in total. The Morgan fingerprint density at radius 3 is 1.05 bits per heavy atom. The average Bonchev–Trinajstić information content (AvgIpc) is 2.95. The van der Waals surface area contributed by atoms with E-state index in [0.717, 1.165) is 0 Å². The van der Waals surface area contributed by atoms with E-state index in [1.807, 2.05) is 0 Å². The molecule has 0 unspecified atom stereocenters. The number of nitrogens with zero attached hydrogens (tertiary/aromatic N) is 2. The highest BCUT2D eigenvalue weighted by molar-refractivity contribution is 4.96. The molecule has 0 spiro atoms. The quantitative estimate of drug-likeness (QED) is 0.639. The van der Waals surface area contributed by atoms with Crippen LogP contribution in [0, 0.1) is 0 Å². The average molecular weight is 268 g/mol. The molecule has 2 heteroatoms. The standard InChI is InChI=1S/C17H36N2/c1-7-16(8-2,9-3)18-13-14-19(15-18)17(10-4,11-5)12-6/h7-15H2,1-6H3. The minimum atomic E-state index is 0.440. The van der Waals surface area contributed by atoms with Crippen LogP contribution in [0.25, 0.3) is 0 Å². The van der Waals surface area contributed by atoms with E-state index < -0.39 is 0 Å². The molecule has 0 aromatic heterocycles. The molecular weight excluding hydrogens is 232 g/mol. The molecule has 0 atom stereocenters. The molecule has 0 radical (unpaired) electrons. The minimum absolute atomic E-state index is 0.440. The molecule has 1 aliphatic rings. The van der Waals surface area contributed by atoms with Gasteiger partial charge in [0.2, 0.25) is 0 Å². The van der Waals surface area contributed by atoms with Crippen molar-refractivity contribution >= 4 is 0 Å². The van der Waals surface area contributed by atoms with Gasteiger partial charge in [0, 0.05) is 24.2 Å². The van der Waals surface area contributed by atoms with Gasteiger partial charge in [0.05, 0.1) is 6.67 Å². The summed E-state index contributed by atoms with van der Waals surface area (Å²) in [4.78, 5) is 5.53. The van der Waals surface area contributed by atoms with Crippen LogP contribution in [0.1, 0.15) is 80.1 Å². The largest absolute Gasteiger partial charge is 0.284 e. The fourth-order valence-corrected chi connectivity index (χ4v) is 4.20. The summed E-state index contributed by atoms with van der Waals surface area (Å²) in [6.45, 7) is 17.9. The molecule has 0 saturated carbocycles. The van der Waals surface area contributed by atoms with Gasteiger partial charge in [-0.25, -0.2) is 0 Å². The van der Waals surface area contributed by atoms with Crippen LogP contribution >= 0.6 is 0 Å². The highest BCUT2D eigenvalue weighted by Crippen LogP contribution is 2.35. The van der Waals surface area contributed by atoms with Gasteiger partial charge >= 0.3 is 0 Å². The molecule has 1 heterocycles. The van der Waals surface area contributed by atoms with Crippen molar-refractivity contribution in [3.8, 4) is 0 Å². The predicted molar refractivity (Wildman–Crippen MR) is 85.5 cm³/mol. The van der Waals surface area contributed by atoms with Gasteiger partial charge < -0.3 is 0 Å². The van der Waals surface area contributed by atoms with Crippen molar-refractivity contribution in [2.75, 3.05) is 19.8 Å². The Labute approximate surface area is 121 Å². The first-order valence-electron chi connectivity index (χ1n) is 8.58. The van der Waals surface area contributed by atoms with E-state index in [1.54, 1.807) is 0 Å². The monoisotopic (exact) mass is 268 g/mol. The van der Waals surface area contributed by atoms with Crippen molar-refractivity contribution in [2.24, 2.45) is 0 Å². The fraction of sp³-hybridized carbons (Fsp3) is 1.00. The summed E-state index contributed by atoms with van der Waals surface area (Å²) in [7, 11) is 0. The van der Waals surface area contributed by atoms with Crippen LogP contribution in [-0.2, 0) is 0 Å². The highest BCUT2D eigenvalue weighted by Gasteiger charge is 2.41. The van der Waals surface area contributed by atoms with E-state index in [-0.39, 0.29) is 0 Å². The zero-order valence-electron chi connectivity index (χ0n) is 14.3. The van der Waals surface area contributed by atoms with Gasteiger partial charge in [-0.1, -0.05) is 41.5 Å². The molecule has 1 saturated heterocycles. The molecule has 0 aromatic carbocycles. The summed E-state index contributed by atoms with van der Waals surface area (Å²) in [5.74, 6) is 0. The molecule has 2 nitrogen and oxygen atoms in total. The third-order valence-electron chi connectivity index (χ3n) is 6.27. The first-order valence-corrected chi connectivity index (χ1v) is 8.58. The lowest BCUT2D eigenvalue weighted by molar-refractivity contribution is 0.0339. The van der Waals surface area contributed by atoms with Gasteiger partial charge in [-0.2, -0.15) is 0 Å². The van der Waals surface area contributed by atoms with E-state index in [4.69, 9.17) is 0 Å². The Morgan fingerprint density at radius 2 is 0.842 bits per heavy atom. The summed E-state index contributed by atoms with van der Waals surface area (Å²) in [6, 6.07) is 0. The van der Waals surface area contributed by atoms with Gasteiger partial charge in [-0.3, -0.25) is 9.80 Å². The van der Waals surface area contributed by atoms with Crippen LogP contribution in [0.2, 0.25) is 0 Å². The van der Waals surface area contributed by atoms with Gasteiger partial charge in [0.1, 0.15) is 0 Å². The Morgan fingerprint density at radius 1 is 0.579 bits per heavy atom. The summed E-state index contributed by atoms with van der Waals surface area (Å²) in [5, 5.41) is 0. The minimum Gasteiger partial charge on any atom is -0.284 e. The van der Waals surface area contributed by atoms with Gasteiger partial charge in [-0.15, -0.1) is 0 Å². The molecule has 1 rings (SSSR count). The van der Waals surface area contributed by atoms with Gasteiger partial charge in [-0.05, 0) is 38.5 Å². The van der Waals surface area contributed by atoms with Crippen LogP contribution < -0.4 is 0 Å². The third-order valence-corrected chi connectivity index (χ3v) is 6.27. The van der Waals surface area contributed by atoms with Crippen molar-refractivity contribution in [1.82, 2.24) is 9.80 Å². The van der Waals surface area contributed by atoms with E-state index in [2.05, 4.69) is 51.3 Å². The van der Waals surface area contributed by atoms with Crippen molar-refractivity contribution in [1.29, 1.82) is 0 Å². The van der Waals surface area contributed by atoms with E-state index in [1.165, 1.54) is 58.3 Å². The summed E-state index contributed by atoms with van der Waals surface area (Å²) < 4.78 is 0. The highest BCUT2D eigenvalue weighted by atomic mass is 15.4. The van der Waals surface area contributed by atoms with E-state index >= 15 is 0 Å². The summed E-state index contributed by atoms with van der Waals surface area (Å²) in [6.07, 6.45) is 7.70. The van der Waals surface area contributed by atoms with Crippen LogP contribution in [0.4, 0.5) is 0 Å². The Balaban J connectivity index is 2.82. The van der Waals surface area contributed by atoms with Gasteiger partial charge in [0.15, 0.2) is 0 Å².